The minimum Gasteiger partial charge on any atom is -0.460 e. The highest BCUT2D eigenvalue weighted by molar-refractivity contribution is 5.89. The molecule has 0 atom stereocenters. The van der Waals surface area contributed by atoms with Crippen LogP contribution < -0.4 is 0 Å². The Hall–Kier alpha value is -2.12. The number of hydrogen-bond donors (Lipinski definition) is 0. The highest BCUT2D eigenvalue weighted by Crippen LogP contribution is 2.27. The molecule has 6 nitrogen and oxygen atoms in total. The molecule has 0 fully saturated rings. The van der Waals surface area contributed by atoms with Crippen molar-refractivity contribution < 1.29 is 23.2 Å². The first kappa shape index (κ1) is 13.9. The number of carbonyl (C=O) groups excluding carboxylic acids is 1. The fourth-order valence-corrected chi connectivity index (χ4v) is 1.34. The Balaban J connectivity index is 3.40. The second-order valence-electron chi connectivity index (χ2n) is 3.34. The molecule has 0 N–H and O–H groups in total. The molecule has 0 aliphatic rings. The minimum absolute atomic E-state index is 0.0368. The summed E-state index contributed by atoms with van der Waals surface area (Å²) in [6, 6.07) is 0.877. The van der Waals surface area contributed by atoms with E-state index in [-0.39, 0.29) is 12.2 Å². The molecule has 0 spiro atoms. The van der Waals surface area contributed by atoms with E-state index in [0.29, 0.717) is 0 Å². The number of esters is 1. The molecule has 0 unspecified atom stereocenters. The van der Waals surface area contributed by atoms with Crippen LogP contribution >= 0.6 is 0 Å². The lowest BCUT2D eigenvalue weighted by Crippen LogP contribution is -2.13. The van der Waals surface area contributed by atoms with Crippen LogP contribution in [0.25, 0.3) is 0 Å². The SMILES string of the molecule is CCOC(=O)c1nc([N+](=O)[O-])c(C)cc1C(F)F. The molecule has 1 heterocycles. The van der Waals surface area contributed by atoms with E-state index in [9.17, 15) is 23.7 Å². The van der Waals surface area contributed by atoms with Gasteiger partial charge in [0, 0.05) is 5.56 Å². The number of carbonyl (C=O) groups is 1. The second kappa shape index (κ2) is 5.48. The number of nitro groups is 1. The molecule has 0 aliphatic carbocycles. The van der Waals surface area contributed by atoms with E-state index in [1.807, 2.05) is 0 Å². The van der Waals surface area contributed by atoms with Crippen molar-refractivity contribution in [3.8, 4) is 0 Å². The summed E-state index contributed by atoms with van der Waals surface area (Å²) in [7, 11) is 0. The van der Waals surface area contributed by atoms with Gasteiger partial charge in [0.2, 0.25) is 0 Å². The van der Waals surface area contributed by atoms with Crippen molar-refractivity contribution in [2.24, 2.45) is 0 Å². The lowest BCUT2D eigenvalue weighted by molar-refractivity contribution is -0.390. The Morgan fingerprint density at radius 1 is 1.61 bits per heavy atom. The fraction of sp³-hybridized carbons (Fsp3) is 0.400. The van der Waals surface area contributed by atoms with E-state index in [1.165, 1.54) is 13.8 Å². The zero-order valence-electron chi connectivity index (χ0n) is 9.65. The predicted octanol–water partition coefficient (Wildman–Crippen LogP) is 2.41. The van der Waals surface area contributed by atoms with Crippen LogP contribution in [0.3, 0.4) is 0 Å². The van der Waals surface area contributed by atoms with Gasteiger partial charge in [0.25, 0.3) is 12.1 Å². The molecule has 0 saturated heterocycles. The summed E-state index contributed by atoms with van der Waals surface area (Å²) >= 11 is 0. The molecule has 0 aromatic carbocycles. The van der Waals surface area contributed by atoms with E-state index in [2.05, 4.69) is 9.72 Å². The average molecular weight is 260 g/mol. The van der Waals surface area contributed by atoms with E-state index in [0.717, 1.165) is 6.07 Å². The van der Waals surface area contributed by atoms with Crippen molar-refractivity contribution in [3.05, 3.63) is 33.0 Å². The van der Waals surface area contributed by atoms with Gasteiger partial charge in [-0.1, -0.05) is 0 Å². The van der Waals surface area contributed by atoms with Crippen molar-refractivity contribution in [3.63, 3.8) is 0 Å². The van der Waals surface area contributed by atoms with Gasteiger partial charge in [-0.25, -0.2) is 13.6 Å². The molecular weight excluding hydrogens is 250 g/mol. The van der Waals surface area contributed by atoms with Gasteiger partial charge < -0.3 is 14.9 Å². The smallest absolute Gasteiger partial charge is 0.383 e. The van der Waals surface area contributed by atoms with Crippen molar-refractivity contribution >= 4 is 11.8 Å². The first-order valence-corrected chi connectivity index (χ1v) is 4.99. The van der Waals surface area contributed by atoms with Gasteiger partial charge in [0.05, 0.1) is 12.2 Å². The number of hydrogen-bond acceptors (Lipinski definition) is 5. The van der Waals surface area contributed by atoms with Gasteiger partial charge in [0.15, 0.2) is 0 Å². The highest BCUT2D eigenvalue weighted by atomic mass is 19.3. The topological polar surface area (TPSA) is 82.3 Å². The number of ether oxygens (including phenoxy) is 1. The van der Waals surface area contributed by atoms with Gasteiger partial charge in [-0.15, -0.1) is 0 Å². The largest absolute Gasteiger partial charge is 0.460 e. The first-order chi connectivity index (χ1) is 8.38. The van der Waals surface area contributed by atoms with Gasteiger partial charge in [-0.05, 0) is 29.8 Å². The normalized spacial score (nSPS) is 10.5. The molecule has 0 aliphatic heterocycles. The first-order valence-electron chi connectivity index (χ1n) is 4.99. The predicted molar refractivity (Wildman–Crippen MR) is 56.5 cm³/mol. The zero-order valence-corrected chi connectivity index (χ0v) is 9.65. The second-order valence-corrected chi connectivity index (χ2v) is 3.34. The van der Waals surface area contributed by atoms with Crippen LogP contribution in [0.5, 0.6) is 0 Å². The van der Waals surface area contributed by atoms with Crippen LogP contribution in [-0.4, -0.2) is 22.5 Å². The summed E-state index contributed by atoms with van der Waals surface area (Å²) in [6.07, 6.45) is -2.96. The van der Waals surface area contributed by atoms with E-state index < -0.39 is 34.4 Å². The maximum atomic E-state index is 12.7. The molecule has 0 radical (unpaired) electrons. The van der Waals surface area contributed by atoms with E-state index >= 15 is 0 Å². The number of pyridine rings is 1. The third-order valence-electron chi connectivity index (χ3n) is 2.09. The standard InChI is InChI=1S/C10H10F2N2O4/c1-3-18-10(15)7-6(8(11)12)4-5(2)9(13-7)14(16)17/h4,8H,3H2,1-2H3. The number of rotatable bonds is 4. The van der Waals surface area contributed by atoms with Gasteiger partial charge in [0.1, 0.15) is 0 Å². The van der Waals surface area contributed by atoms with E-state index in [4.69, 9.17) is 0 Å². The summed E-state index contributed by atoms with van der Waals surface area (Å²) in [5, 5.41) is 10.6. The summed E-state index contributed by atoms with van der Waals surface area (Å²) in [5.74, 6) is -1.74. The lowest BCUT2D eigenvalue weighted by Gasteiger charge is -2.06. The monoisotopic (exact) mass is 260 g/mol. The van der Waals surface area contributed by atoms with Crippen LogP contribution in [0.15, 0.2) is 6.07 Å². The van der Waals surface area contributed by atoms with Gasteiger partial charge in [-0.3, -0.25) is 0 Å². The molecule has 1 aromatic rings. The van der Waals surface area contributed by atoms with Crippen LogP contribution in [0.1, 0.15) is 35.0 Å². The zero-order chi connectivity index (χ0) is 13.9. The van der Waals surface area contributed by atoms with Crippen LogP contribution in [0.2, 0.25) is 0 Å². The Bertz CT molecular complexity index is 491. The summed E-state index contributed by atoms with van der Waals surface area (Å²) in [5.41, 5.74) is -1.43. The fourth-order valence-electron chi connectivity index (χ4n) is 1.34. The third-order valence-corrected chi connectivity index (χ3v) is 2.09. The quantitative estimate of drug-likeness (QED) is 0.471. The number of aromatic nitrogens is 1. The molecule has 1 aromatic heterocycles. The maximum Gasteiger partial charge on any atom is 0.383 e. The van der Waals surface area contributed by atoms with Crippen LogP contribution in [0, 0.1) is 17.0 Å². The summed E-state index contributed by atoms with van der Waals surface area (Å²) < 4.78 is 30.0. The van der Waals surface area contributed by atoms with Crippen LogP contribution in [0.4, 0.5) is 14.6 Å². The van der Waals surface area contributed by atoms with Crippen molar-refractivity contribution in [2.45, 2.75) is 20.3 Å². The molecule has 8 heteroatoms. The third kappa shape index (κ3) is 2.76. The summed E-state index contributed by atoms with van der Waals surface area (Å²) in [4.78, 5) is 24.6. The highest BCUT2D eigenvalue weighted by Gasteiger charge is 2.29. The maximum absolute atomic E-state index is 12.7. The number of aryl methyl sites for hydroxylation is 1. The number of halogens is 2. The van der Waals surface area contributed by atoms with Crippen LogP contribution in [-0.2, 0) is 4.74 Å². The molecule has 0 amide bonds. The molecule has 0 saturated carbocycles. The Kier molecular flexibility index (Phi) is 4.24. The molecule has 18 heavy (non-hydrogen) atoms. The molecule has 1 rings (SSSR count). The van der Waals surface area contributed by atoms with Crippen molar-refractivity contribution in [2.75, 3.05) is 6.61 Å². The molecule has 98 valence electrons. The molecule has 0 bridgehead atoms. The van der Waals surface area contributed by atoms with Crippen molar-refractivity contribution in [1.29, 1.82) is 0 Å². The Morgan fingerprint density at radius 3 is 2.67 bits per heavy atom. The summed E-state index contributed by atoms with van der Waals surface area (Å²) in [6.45, 7) is 2.72. The Labute approximate surface area is 101 Å². The lowest BCUT2D eigenvalue weighted by atomic mass is 10.1. The Morgan fingerprint density at radius 2 is 2.22 bits per heavy atom. The number of nitrogens with zero attached hydrogens (tertiary/aromatic N) is 2. The number of alkyl halides is 2. The minimum atomic E-state index is -2.96. The van der Waals surface area contributed by atoms with Gasteiger partial charge >= 0.3 is 11.8 Å². The molecular formula is C10H10F2N2O4. The average Bonchev–Trinajstić information content (AvgIpc) is 2.28. The van der Waals surface area contributed by atoms with Gasteiger partial charge in [-0.2, -0.15) is 0 Å². The van der Waals surface area contributed by atoms with E-state index in [1.54, 1.807) is 0 Å². The van der Waals surface area contributed by atoms with Crippen molar-refractivity contribution in [1.82, 2.24) is 4.98 Å².